The Morgan fingerprint density at radius 2 is 2.24 bits per heavy atom. The first-order valence-electron chi connectivity index (χ1n) is 5.47. The lowest BCUT2D eigenvalue weighted by Gasteiger charge is -2.38. The highest BCUT2D eigenvalue weighted by molar-refractivity contribution is 5.62. The molecule has 3 N–H and O–H groups in total. The summed E-state index contributed by atoms with van der Waals surface area (Å²) >= 11 is 0. The molecule has 1 aliphatic rings. The molecule has 0 radical (unpaired) electrons. The standard InChI is InChI=1S/C11H14FN3O2/c12-8-3-1-4-9(15(16)17)10(8)14-7-11(13)5-2-6-11/h1,3-4,14H,2,5-7,13H2. The molecule has 0 saturated heterocycles. The number of nitrogens with one attached hydrogen (secondary N) is 1. The smallest absolute Gasteiger partial charge is 0.295 e. The minimum absolute atomic E-state index is 0.0748. The van der Waals surface area contributed by atoms with E-state index in [2.05, 4.69) is 5.32 Å². The maximum Gasteiger partial charge on any atom is 0.295 e. The topological polar surface area (TPSA) is 81.2 Å². The molecule has 1 aromatic carbocycles. The fourth-order valence-corrected chi connectivity index (χ4v) is 1.91. The second-order valence-corrected chi connectivity index (χ2v) is 4.46. The number of nitrogens with zero attached hydrogens (tertiary/aromatic N) is 1. The van der Waals surface area contributed by atoms with E-state index in [9.17, 15) is 14.5 Å². The molecule has 0 amide bonds. The van der Waals surface area contributed by atoms with Crippen molar-refractivity contribution in [2.75, 3.05) is 11.9 Å². The highest BCUT2D eigenvalue weighted by Gasteiger charge is 2.33. The molecule has 0 heterocycles. The number of nitro groups is 1. The monoisotopic (exact) mass is 239 g/mol. The fourth-order valence-electron chi connectivity index (χ4n) is 1.91. The van der Waals surface area contributed by atoms with Gasteiger partial charge in [-0.25, -0.2) is 4.39 Å². The largest absolute Gasteiger partial charge is 0.375 e. The van der Waals surface area contributed by atoms with Crippen molar-refractivity contribution in [3.05, 3.63) is 34.1 Å². The normalized spacial score (nSPS) is 17.3. The summed E-state index contributed by atoms with van der Waals surface area (Å²) in [6.07, 6.45) is 2.78. The van der Waals surface area contributed by atoms with Crippen molar-refractivity contribution in [2.45, 2.75) is 24.8 Å². The molecule has 1 aliphatic carbocycles. The summed E-state index contributed by atoms with van der Waals surface area (Å²) in [5.41, 5.74) is 5.29. The molecule has 0 unspecified atom stereocenters. The summed E-state index contributed by atoms with van der Waals surface area (Å²) in [5, 5.41) is 13.5. The van der Waals surface area contributed by atoms with Gasteiger partial charge >= 0.3 is 0 Å². The molecule has 2 rings (SSSR count). The number of hydrogen-bond donors (Lipinski definition) is 2. The van der Waals surface area contributed by atoms with Gasteiger partial charge in [-0.2, -0.15) is 0 Å². The minimum Gasteiger partial charge on any atom is -0.375 e. The van der Waals surface area contributed by atoms with Crippen LogP contribution in [0.1, 0.15) is 19.3 Å². The third-order valence-electron chi connectivity index (χ3n) is 3.15. The Bertz CT molecular complexity index is 446. The molecule has 0 aliphatic heterocycles. The number of para-hydroxylation sites is 1. The molecule has 0 aromatic heterocycles. The third kappa shape index (κ3) is 2.36. The molecule has 5 nitrogen and oxygen atoms in total. The van der Waals surface area contributed by atoms with Crippen LogP contribution < -0.4 is 11.1 Å². The van der Waals surface area contributed by atoms with E-state index in [1.807, 2.05) is 0 Å². The average Bonchev–Trinajstić information content (AvgIpc) is 2.24. The third-order valence-corrected chi connectivity index (χ3v) is 3.15. The molecular weight excluding hydrogens is 225 g/mol. The van der Waals surface area contributed by atoms with Crippen LogP contribution in [-0.4, -0.2) is 17.0 Å². The highest BCUT2D eigenvalue weighted by atomic mass is 19.1. The lowest BCUT2D eigenvalue weighted by molar-refractivity contribution is -0.384. The Hall–Kier alpha value is -1.69. The highest BCUT2D eigenvalue weighted by Crippen LogP contribution is 2.32. The van der Waals surface area contributed by atoms with E-state index in [0.29, 0.717) is 6.54 Å². The van der Waals surface area contributed by atoms with E-state index >= 15 is 0 Å². The Morgan fingerprint density at radius 3 is 2.76 bits per heavy atom. The second-order valence-electron chi connectivity index (χ2n) is 4.46. The summed E-state index contributed by atoms with van der Waals surface area (Å²) in [6.45, 7) is 0.356. The van der Waals surface area contributed by atoms with E-state index in [1.165, 1.54) is 18.2 Å². The maximum absolute atomic E-state index is 13.5. The van der Waals surface area contributed by atoms with Crippen LogP contribution in [0.3, 0.4) is 0 Å². The Balaban J connectivity index is 2.16. The zero-order valence-electron chi connectivity index (χ0n) is 9.28. The average molecular weight is 239 g/mol. The van der Waals surface area contributed by atoms with Gasteiger partial charge < -0.3 is 11.1 Å². The zero-order valence-corrected chi connectivity index (χ0v) is 9.28. The van der Waals surface area contributed by atoms with Crippen LogP contribution in [0.15, 0.2) is 18.2 Å². The van der Waals surface area contributed by atoms with Crippen molar-refractivity contribution < 1.29 is 9.31 Å². The van der Waals surface area contributed by atoms with Gasteiger partial charge in [0, 0.05) is 18.2 Å². The van der Waals surface area contributed by atoms with E-state index < -0.39 is 10.7 Å². The molecule has 0 atom stereocenters. The Labute approximate surface area is 98.0 Å². The van der Waals surface area contributed by atoms with Crippen LogP contribution in [0.2, 0.25) is 0 Å². The van der Waals surface area contributed by atoms with Crippen LogP contribution in [0.25, 0.3) is 0 Å². The van der Waals surface area contributed by atoms with Crippen molar-refractivity contribution in [2.24, 2.45) is 5.73 Å². The lowest BCUT2D eigenvalue weighted by Crippen LogP contribution is -2.52. The predicted octanol–water partition coefficient (Wildman–Crippen LogP) is 2.03. The van der Waals surface area contributed by atoms with E-state index in [0.717, 1.165) is 19.3 Å². The molecule has 0 spiro atoms. The predicted molar refractivity (Wildman–Crippen MR) is 62.3 cm³/mol. The van der Waals surface area contributed by atoms with Crippen LogP contribution in [0, 0.1) is 15.9 Å². The molecule has 0 bridgehead atoms. The molecule has 1 aromatic rings. The van der Waals surface area contributed by atoms with Gasteiger partial charge in [0.15, 0.2) is 5.82 Å². The zero-order chi connectivity index (χ0) is 12.5. The van der Waals surface area contributed by atoms with Crippen molar-refractivity contribution in [3.8, 4) is 0 Å². The lowest BCUT2D eigenvalue weighted by atomic mass is 9.78. The number of hydrogen-bond acceptors (Lipinski definition) is 4. The van der Waals surface area contributed by atoms with Crippen molar-refractivity contribution in [1.82, 2.24) is 0 Å². The van der Waals surface area contributed by atoms with Crippen LogP contribution >= 0.6 is 0 Å². The SMILES string of the molecule is NC1(CNc2c(F)cccc2[N+](=O)[O-])CCC1. The van der Waals surface area contributed by atoms with Crippen molar-refractivity contribution in [1.29, 1.82) is 0 Å². The number of benzene rings is 1. The van der Waals surface area contributed by atoms with Gasteiger partial charge in [-0.1, -0.05) is 6.07 Å². The molecule has 1 fully saturated rings. The summed E-state index contributed by atoms with van der Waals surface area (Å²) < 4.78 is 13.5. The Kier molecular flexibility index (Phi) is 2.97. The second kappa shape index (κ2) is 4.29. The first kappa shape index (κ1) is 11.8. The van der Waals surface area contributed by atoms with Gasteiger partial charge in [0.2, 0.25) is 0 Å². The molecular formula is C11H14FN3O2. The molecule has 1 saturated carbocycles. The van der Waals surface area contributed by atoms with Gasteiger partial charge in [-0.05, 0) is 25.3 Å². The Morgan fingerprint density at radius 1 is 1.53 bits per heavy atom. The summed E-state index contributed by atoms with van der Waals surface area (Å²) in [7, 11) is 0. The first-order valence-corrected chi connectivity index (χ1v) is 5.47. The number of nitro benzene ring substituents is 1. The van der Waals surface area contributed by atoms with Gasteiger partial charge in [0.05, 0.1) is 4.92 Å². The van der Waals surface area contributed by atoms with E-state index in [-0.39, 0.29) is 16.9 Å². The summed E-state index contributed by atoms with van der Waals surface area (Å²) in [5.74, 6) is -0.623. The van der Waals surface area contributed by atoms with Gasteiger partial charge in [0.1, 0.15) is 5.69 Å². The first-order chi connectivity index (χ1) is 8.02. The number of rotatable bonds is 4. The minimum atomic E-state index is -0.623. The fraction of sp³-hybridized carbons (Fsp3) is 0.455. The molecule has 6 heteroatoms. The van der Waals surface area contributed by atoms with Crippen molar-refractivity contribution >= 4 is 11.4 Å². The summed E-state index contributed by atoms with van der Waals surface area (Å²) in [6, 6.07) is 3.79. The van der Waals surface area contributed by atoms with Gasteiger partial charge in [-0.3, -0.25) is 10.1 Å². The quantitative estimate of drug-likeness (QED) is 0.622. The van der Waals surface area contributed by atoms with E-state index in [1.54, 1.807) is 0 Å². The number of halogens is 1. The van der Waals surface area contributed by atoms with Crippen LogP contribution in [-0.2, 0) is 0 Å². The number of nitrogens with two attached hydrogens (primary N) is 1. The van der Waals surface area contributed by atoms with Gasteiger partial charge in [-0.15, -0.1) is 0 Å². The molecule has 17 heavy (non-hydrogen) atoms. The van der Waals surface area contributed by atoms with Crippen molar-refractivity contribution in [3.63, 3.8) is 0 Å². The number of anilines is 1. The van der Waals surface area contributed by atoms with Crippen LogP contribution in [0.4, 0.5) is 15.8 Å². The maximum atomic E-state index is 13.5. The van der Waals surface area contributed by atoms with Crippen LogP contribution in [0.5, 0.6) is 0 Å². The van der Waals surface area contributed by atoms with E-state index in [4.69, 9.17) is 5.73 Å². The summed E-state index contributed by atoms with van der Waals surface area (Å²) in [4.78, 5) is 10.1. The van der Waals surface area contributed by atoms with Gasteiger partial charge in [0.25, 0.3) is 5.69 Å². The molecule has 92 valence electrons.